The van der Waals surface area contributed by atoms with E-state index in [1.165, 1.54) is 39.2 Å². The van der Waals surface area contributed by atoms with Crippen molar-refractivity contribution in [2.75, 3.05) is 23.7 Å². The third kappa shape index (κ3) is 6.11. The molecule has 2 aromatic rings. The summed E-state index contributed by atoms with van der Waals surface area (Å²) in [6.07, 6.45) is 7.05. The summed E-state index contributed by atoms with van der Waals surface area (Å²) in [4.78, 5) is 26.3. The average molecular weight is 548 g/mol. The van der Waals surface area contributed by atoms with Crippen LogP contribution >= 0.6 is 11.8 Å². The number of aryl methyl sites for hydroxylation is 5. The van der Waals surface area contributed by atoms with E-state index < -0.39 is 0 Å². The number of carbonyl (C=O) groups is 2. The van der Waals surface area contributed by atoms with Gasteiger partial charge in [-0.1, -0.05) is 58.5 Å². The van der Waals surface area contributed by atoms with E-state index in [0.29, 0.717) is 18.2 Å². The van der Waals surface area contributed by atoms with Gasteiger partial charge in [0, 0.05) is 35.3 Å². The summed E-state index contributed by atoms with van der Waals surface area (Å²) < 4.78 is 2.24. The third-order valence-corrected chi connectivity index (χ3v) is 9.59. The molecule has 3 amide bonds. The van der Waals surface area contributed by atoms with Gasteiger partial charge in [-0.3, -0.25) is 4.79 Å². The number of benzene rings is 2. The second-order valence-corrected chi connectivity index (χ2v) is 12.6. The van der Waals surface area contributed by atoms with Gasteiger partial charge in [-0.2, -0.15) is 11.8 Å². The number of unbranched alkanes of at least 4 members (excludes halogenated alkanes) is 1. The molecule has 3 N–H and O–H groups in total. The average Bonchev–Trinajstić information content (AvgIpc) is 3.56. The Labute approximate surface area is 236 Å². The first-order valence-corrected chi connectivity index (χ1v) is 15.2. The van der Waals surface area contributed by atoms with Crippen LogP contribution in [0.5, 0.6) is 0 Å². The Hall–Kier alpha value is -3.00. The maximum atomic E-state index is 12.5. The molecule has 0 unspecified atom stereocenters. The van der Waals surface area contributed by atoms with E-state index in [9.17, 15) is 9.59 Å². The lowest BCUT2D eigenvalue weighted by molar-refractivity contribution is -0.425. The fourth-order valence-electron chi connectivity index (χ4n) is 6.50. The molecule has 39 heavy (non-hydrogen) atoms. The van der Waals surface area contributed by atoms with Gasteiger partial charge < -0.3 is 25.4 Å². The van der Waals surface area contributed by atoms with Crippen LogP contribution in [0.2, 0.25) is 0 Å². The van der Waals surface area contributed by atoms with Crippen molar-refractivity contribution in [3.8, 4) is 0 Å². The molecule has 208 valence electrons. The second-order valence-electron chi connectivity index (χ2n) is 11.4. The Kier molecular flexibility index (Phi) is 8.21. The molecule has 5 rings (SSSR count). The van der Waals surface area contributed by atoms with Crippen LogP contribution in [-0.4, -0.2) is 59.0 Å². The van der Waals surface area contributed by atoms with Crippen LogP contribution in [0.3, 0.4) is 0 Å². The first-order chi connectivity index (χ1) is 18.7. The van der Waals surface area contributed by atoms with Gasteiger partial charge in [0.15, 0.2) is 0 Å². The molecule has 0 aliphatic carbocycles. The summed E-state index contributed by atoms with van der Waals surface area (Å²) >= 11 is 1.93. The number of rotatable bonds is 9. The van der Waals surface area contributed by atoms with Crippen molar-refractivity contribution < 1.29 is 14.2 Å². The molecule has 3 heterocycles. The molecule has 8 heteroatoms. The number of carbonyl (C=O) groups excluding carboxylic acids is 2. The van der Waals surface area contributed by atoms with Crippen LogP contribution < -0.4 is 20.9 Å². The summed E-state index contributed by atoms with van der Waals surface area (Å²) in [7, 11) is 0. The van der Waals surface area contributed by atoms with E-state index in [4.69, 9.17) is 0 Å². The Morgan fingerprint density at radius 2 is 1.77 bits per heavy atom. The third-order valence-electron chi connectivity index (χ3n) is 8.09. The number of amides is 3. The standard InChI is InChI=1S/C31H41N5O2S/c1-19-12-20(2)29(21(3)13-19)35-10-11-36(18-35)30-22(4)14-24(15-23(30)5)16-32-27(37)9-7-6-8-26-28-25(17-39-26)33-31(38)34-28/h12-15,25-26,28H,6-11,16-17H2,1-5H3,(H,32,37)(H2,33,34,38)/t25-,26-,28-/m0/s1. The number of hydrogen-bond donors (Lipinski definition) is 3. The first-order valence-electron chi connectivity index (χ1n) is 14.1. The summed E-state index contributed by atoms with van der Waals surface area (Å²) in [6.45, 7) is 13.1. The number of hydrogen-bond acceptors (Lipinski definition) is 4. The van der Waals surface area contributed by atoms with Crippen molar-refractivity contribution in [2.24, 2.45) is 0 Å². The van der Waals surface area contributed by atoms with Gasteiger partial charge in [0.25, 0.3) is 0 Å². The fraction of sp³-hybridized carbons (Fsp3) is 0.516. The molecule has 7 nitrogen and oxygen atoms in total. The zero-order chi connectivity index (χ0) is 27.7. The lowest BCUT2D eigenvalue weighted by Crippen LogP contribution is -2.36. The molecule has 0 radical (unpaired) electrons. The Balaban J connectivity index is 1.12. The normalized spacial score (nSPS) is 22.0. The molecule has 0 bridgehead atoms. The highest BCUT2D eigenvalue weighted by Crippen LogP contribution is 2.33. The summed E-state index contributed by atoms with van der Waals surface area (Å²) in [5.74, 6) is 1.08. The molecule has 3 atom stereocenters. The molecule has 0 aromatic heterocycles. The Morgan fingerprint density at radius 3 is 2.49 bits per heavy atom. The molecule has 0 saturated carbocycles. The van der Waals surface area contributed by atoms with Crippen LogP contribution in [0, 0.1) is 34.6 Å². The summed E-state index contributed by atoms with van der Waals surface area (Å²) in [5, 5.41) is 9.58. The van der Waals surface area contributed by atoms with Crippen molar-refractivity contribution in [1.29, 1.82) is 0 Å². The van der Waals surface area contributed by atoms with Gasteiger partial charge in [0.2, 0.25) is 12.2 Å². The van der Waals surface area contributed by atoms with E-state index in [2.05, 4.69) is 90.6 Å². The minimum atomic E-state index is -0.0423. The zero-order valence-electron chi connectivity index (χ0n) is 23.8. The molecular formula is C31H41N5O2S. The molecule has 0 spiro atoms. The van der Waals surface area contributed by atoms with Crippen LogP contribution in [0.25, 0.3) is 0 Å². The smallest absolute Gasteiger partial charge is 0.315 e. The van der Waals surface area contributed by atoms with E-state index in [-0.39, 0.29) is 24.0 Å². The maximum Gasteiger partial charge on any atom is 0.315 e. The SMILES string of the molecule is Cc1cc(C)c(N2[C-]=[N+](c3c(C)cc(CNC(=O)CCCC[C@@H]4SC[C@@H]5NC(=O)N[C@@H]54)cc3C)CC2)c(C)c1. The Bertz CT molecular complexity index is 1260. The van der Waals surface area contributed by atoms with E-state index in [1.807, 2.05) is 11.8 Å². The lowest BCUT2D eigenvalue weighted by atomic mass is 10.0. The van der Waals surface area contributed by atoms with Crippen LogP contribution in [0.15, 0.2) is 24.3 Å². The largest absolute Gasteiger partial charge is 0.352 e. The highest BCUT2D eigenvalue weighted by atomic mass is 32.2. The van der Waals surface area contributed by atoms with Gasteiger partial charge in [-0.05, 0) is 53.0 Å². The maximum absolute atomic E-state index is 12.5. The van der Waals surface area contributed by atoms with Crippen molar-refractivity contribution in [1.82, 2.24) is 16.0 Å². The van der Waals surface area contributed by atoms with Gasteiger partial charge >= 0.3 is 6.03 Å². The van der Waals surface area contributed by atoms with Crippen LogP contribution in [-0.2, 0) is 11.3 Å². The van der Waals surface area contributed by atoms with Gasteiger partial charge in [-0.25, -0.2) is 4.79 Å². The van der Waals surface area contributed by atoms with Gasteiger partial charge in [-0.15, -0.1) is 0 Å². The fourth-order valence-corrected chi connectivity index (χ4v) is 8.05. The highest BCUT2D eigenvalue weighted by Gasteiger charge is 2.42. The van der Waals surface area contributed by atoms with Crippen LogP contribution in [0.1, 0.15) is 59.1 Å². The predicted molar refractivity (Wildman–Crippen MR) is 160 cm³/mol. The number of anilines is 1. The van der Waals surface area contributed by atoms with Crippen molar-refractivity contribution in [2.45, 2.75) is 84.2 Å². The van der Waals surface area contributed by atoms with Crippen molar-refractivity contribution >= 4 is 41.4 Å². The van der Waals surface area contributed by atoms with E-state index in [1.54, 1.807) is 0 Å². The van der Waals surface area contributed by atoms with Crippen LogP contribution in [0.4, 0.5) is 16.2 Å². The predicted octanol–water partition coefficient (Wildman–Crippen LogP) is 4.64. The molecule has 2 aromatic carbocycles. The topological polar surface area (TPSA) is 76.5 Å². The molecule has 2 saturated heterocycles. The monoisotopic (exact) mass is 547 g/mol. The van der Waals surface area contributed by atoms with Gasteiger partial charge in [0.1, 0.15) is 13.1 Å². The lowest BCUT2D eigenvalue weighted by Gasteiger charge is -2.20. The number of thioether (sulfide) groups is 1. The number of urea groups is 1. The molecule has 3 aliphatic rings. The summed E-state index contributed by atoms with van der Waals surface area (Å²) in [6, 6.07) is 9.31. The molecule has 2 fully saturated rings. The number of nitrogens with one attached hydrogen (secondary N) is 3. The molecule has 3 aliphatic heterocycles. The zero-order valence-corrected chi connectivity index (χ0v) is 24.6. The molecular weight excluding hydrogens is 506 g/mol. The number of nitrogens with zero attached hydrogens (tertiary/aromatic N) is 2. The second kappa shape index (κ2) is 11.6. The van der Waals surface area contributed by atoms with Crippen molar-refractivity contribution in [3.63, 3.8) is 0 Å². The first kappa shape index (κ1) is 27.6. The minimum absolute atomic E-state index is 0.0423. The number of fused-ring (bicyclic) bond motifs is 1. The summed E-state index contributed by atoms with van der Waals surface area (Å²) in [5.41, 5.74) is 9.85. The highest BCUT2D eigenvalue weighted by molar-refractivity contribution is 8.00. The van der Waals surface area contributed by atoms with E-state index in [0.717, 1.165) is 43.7 Å². The van der Waals surface area contributed by atoms with E-state index >= 15 is 0 Å². The van der Waals surface area contributed by atoms with Gasteiger partial charge in [0.05, 0.1) is 12.1 Å². The quantitative estimate of drug-likeness (QED) is 0.185. The van der Waals surface area contributed by atoms with Crippen molar-refractivity contribution in [3.05, 3.63) is 57.6 Å². The Morgan fingerprint density at radius 1 is 1.05 bits per heavy atom. The minimum Gasteiger partial charge on any atom is -0.352 e.